The first-order valence-electron chi connectivity index (χ1n) is 6.71. The fourth-order valence-corrected chi connectivity index (χ4v) is 3.72. The number of hydrogen-bond acceptors (Lipinski definition) is 5. The molecule has 0 aliphatic carbocycles. The fraction of sp³-hybridized carbons (Fsp3) is 0.500. The van der Waals surface area contributed by atoms with Crippen molar-refractivity contribution in [2.45, 2.75) is 18.6 Å². The van der Waals surface area contributed by atoms with Crippen LogP contribution in [-0.4, -0.2) is 30.7 Å². The molecule has 0 aliphatic rings. The maximum absolute atomic E-state index is 11.4. The van der Waals surface area contributed by atoms with Crippen LogP contribution in [0.3, 0.4) is 0 Å². The van der Waals surface area contributed by atoms with E-state index >= 15 is 0 Å². The standard InChI is InChI=1S/C14H19NO4S2/c1-15-12-6-5-11(9-13(12)19-14(15)16)10-20-7-3-4-8-21(2,17)18/h5-6,9H,3-4,7-8,10H2,1-2H3. The summed E-state index contributed by atoms with van der Waals surface area (Å²) >= 11 is 1.76. The van der Waals surface area contributed by atoms with Crippen LogP contribution in [0.1, 0.15) is 18.4 Å². The van der Waals surface area contributed by atoms with Crippen LogP contribution in [-0.2, 0) is 22.6 Å². The van der Waals surface area contributed by atoms with Gasteiger partial charge in [0.1, 0.15) is 9.84 Å². The number of thioether (sulfide) groups is 1. The molecular formula is C14H19NO4S2. The third-order valence-electron chi connectivity index (χ3n) is 3.18. The summed E-state index contributed by atoms with van der Waals surface area (Å²) in [5, 5.41) is 0. The number of fused-ring (bicyclic) bond motifs is 1. The van der Waals surface area contributed by atoms with E-state index < -0.39 is 9.84 Å². The average molecular weight is 329 g/mol. The second kappa shape index (κ2) is 6.70. The van der Waals surface area contributed by atoms with Gasteiger partial charge in [0.05, 0.1) is 5.52 Å². The van der Waals surface area contributed by atoms with Gasteiger partial charge in [-0.3, -0.25) is 4.57 Å². The highest BCUT2D eigenvalue weighted by Gasteiger charge is 2.06. The van der Waals surface area contributed by atoms with E-state index in [0.717, 1.165) is 29.0 Å². The molecule has 0 spiro atoms. The Bertz CT molecular complexity index is 774. The summed E-state index contributed by atoms with van der Waals surface area (Å²) in [6.07, 6.45) is 2.86. The zero-order valence-corrected chi connectivity index (χ0v) is 13.8. The van der Waals surface area contributed by atoms with Gasteiger partial charge in [0.25, 0.3) is 0 Å². The predicted octanol–water partition coefficient (Wildman–Crippen LogP) is 2.19. The minimum atomic E-state index is -2.84. The zero-order valence-electron chi connectivity index (χ0n) is 12.2. The third-order valence-corrected chi connectivity index (χ3v) is 5.32. The highest BCUT2D eigenvalue weighted by Crippen LogP contribution is 2.19. The summed E-state index contributed by atoms with van der Waals surface area (Å²) < 4.78 is 28.6. The molecule has 2 rings (SSSR count). The van der Waals surface area contributed by atoms with E-state index in [1.165, 1.54) is 10.8 Å². The SMILES string of the molecule is Cn1c(=O)oc2cc(CSCCCCS(C)(=O)=O)ccc21. The van der Waals surface area contributed by atoms with E-state index in [0.29, 0.717) is 12.0 Å². The van der Waals surface area contributed by atoms with Crippen LogP contribution >= 0.6 is 11.8 Å². The van der Waals surface area contributed by atoms with Crippen LogP contribution in [0.2, 0.25) is 0 Å². The first kappa shape index (κ1) is 16.2. The molecule has 116 valence electrons. The van der Waals surface area contributed by atoms with Gasteiger partial charge in [-0.2, -0.15) is 11.8 Å². The number of benzene rings is 1. The number of unbranched alkanes of at least 4 members (excludes halogenated alkanes) is 1. The van der Waals surface area contributed by atoms with E-state index in [1.807, 2.05) is 18.2 Å². The van der Waals surface area contributed by atoms with Crippen molar-refractivity contribution in [2.75, 3.05) is 17.8 Å². The zero-order chi connectivity index (χ0) is 15.5. The lowest BCUT2D eigenvalue weighted by atomic mass is 10.2. The van der Waals surface area contributed by atoms with Crippen LogP contribution < -0.4 is 5.76 Å². The molecule has 21 heavy (non-hydrogen) atoms. The largest absolute Gasteiger partial charge is 0.419 e. The van der Waals surface area contributed by atoms with Gasteiger partial charge in [0.15, 0.2) is 5.58 Å². The molecule has 0 saturated carbocycles. The minimum absolute atomic E-state index is 0.259. The summed E-state index contributed by atoms with van der Waals surface area (Å²) in [7, 11) is -1.16. The van der Waals surface area contributed by atoms with Crippen molar-refractivity contribution in [3.63, 3.8) is 0 Å². The molecule has 7 heteroatoms. The Morgan fingerprint density at radius 2 is 2.05 bits per heavy atom. The highest BCUT2D eigenvalue weighted by atomic mass is 32.2. The predicted molar refractivity (Wildman–Crippen MR) is 86.6 cm³/mol. The monoisotopic (exact) mass is 329 g/mol. The minimum Gasteiger partial charge on any atom is -0.408 e. The summed E-state index contributed by atoms with van der Waals surface area (Å²) in [6, 6.07) is 5.76. The van der Waals surface area contributed by atoms with Gasteiger partial charge in [-0.1, -0.05) is 6.07 Å². The van der Waals surface area contributed by atoms with Crippen molar-refractivity contribution in [3.05, 3.63) is 34.3 Å². The molecule has 0 amide bonds. The van der Waals surface area contributed by atoms with Crippen LogP contribution in [0.5, 0.6) is 0 Å². The first-order chi connectivity index (χ1) is 9.87. The van der Waals surface area contributed by atoms with E-state index in [9.17, 15) is 13.2 Å². The van der Waals surface area contributed by atoms with Gasteiger partial charge in [0.2, 0.25) is 0 Å². The smallest absolute Gasteiger partial charge is 0.408 e. The Morgan fingerprint density at radius 1 is 1.29 bits per heavy atom. The second-order valence-electron chi connectivity index (χ2n) is 5.12. The molecule has 0 unspecified atom stereocenters. The molecule has 0 bridgehead atoms. The summed E-state index contributed by atoms with van der Waals surface area (Å²) in [5.74, 6) is 1.66. The third kappa shape index (κ3) is 4.64. The number of oxazole rings is 1. The van der Waals surface area contributed by atoms with Crippen molar-refractivity contribution in [3.8, 4) is 0 Å². The first-order valence-corrected chi connectivity index (χ1v) is 9.92. The lowest BCUT2D eigenvalue weighted by Gasteiger charge is -2.02. The van der Waals surface area contributed by atoms with Gasteiger partial charge in [-0.15, -0.1) is 0 Å². The lowest BCUT2D eigenvalue weighted by Crippen LogP contribution is -2.08. The Hall–Kier alpha value is -1.21. The molecule has 0 N–H and O–H groups in total. The van der Waals surface area contributed by atoms with Crippen molar-refractivity contribution >= 4 is 32.7 Å². The number of aryl methyl sites for hydroxylation is 1. The molecular weight excluding hydrogens is 310 g/mol. The van der Waals surface area contributed by atoms with E-state index in [2.05, 4.69) is 0 Å². The van der Waals surface area contributed by atoms with Crippen LogP contribution in [0.25, 0.3) is 11.1 Å². The molecule has 2 aromatic rings. The molecule has 0 saturated heterocycles. The lowest BCUT2D eigenvalue weighted by molar-refractivity contribution is 0.528. The highest BCUT2D eigenvalue weighted by molar-refractivity contribution is 7.98. The molecule has 0 atom stereocenters. The number of rotatable bonds is 7. The number of sulfone groups is 1. The Balaban J connectivity index is 1.83. The summed E-state index contributed by atoms with van der Waals surface area (Å²) in [6.45, 7) is 0. The quantitative estimate of drug-likeness (QED) is 0.728. The van der Waals surface area contributed by atoms with Gasteiger partial charge in [-0.25, -0.2) is 13.2 Å². The van der Waals surface area contributed by atoms with Crippen molar-refractivity contribution in [1.29, 1.82) is 0 Å². The number of aromatic nitrogens is 1. The second-order valence-corrected chi connectivity index (χ2v) is 8.48. The summed E-state index contributed by atoms with van der Waals surface area (Å²) in [4.78, 5) is 11.4. The van der Waals surface area contributed by atoms with Crippen molar-refractivity contribution in [2.24, 2.45) is 7.05 Å². The fourth-order valence-electron chi connectivity index (χ4n) is 2.03. The van der Waals surface area contributed by atoms with Crippen molar-refractivity contribution in [1.82, 2.24) is 4.57 Å². The molecule has 0 aliphatic heterocycles. The van der Waals surface area contributed by atoms with Gasteiger partial charge < -0.3 is 4.42 Å². The van der Waals surface area contributed by atoms with Crippen LogP contribution in [0.4, 0.5) is 0 Å². The van der Waals surface area contributed by atoms with E-state index in [1.54, 1.807) is 18.8 Å². The summed E-state index contributed by atoms with van der Waals surface area (Å²) in [5.41, 5.74) is 2.50. The molecule has 0 radical (unpaired) electrons. The normalized spacial score (nSPS) is 12.1. The average Bonchev–Trinajstić information content (AvgIpc) is 2.68. The Labute approximate surface area is 128 Å². The molecule has 1 aromatic carbocycles. The van der Waals surface area contributed by atoms with E-state index in [4.69, 9.17) is 4.42 Å². The number of hydrogen-bond donors (Lipinski definition) is 0. The maximum atomic E-state index is 11.4. The number of nitrogens with zero attached hydrogens (tertiary/aromatic N) is 1. The maximum Gasteiger partial charge on any atom is 0.419 e. The van der Waals surface area contributed by atoms with Gasteiger partial charge >= 0.3 is 5.76 Å². The molecule has 5 nitrogen and oxygen atoms in total. The molecule has 1 heterocycles. The Morgan fingerprint density at radius 3 is 2.76 bits per heavy atom. The van der Waals surface area contributed by atoms with Gasteiger partial charge in [0, 0.05) is 24.8 Å². The topological polar surface area (TPSA) is 69.3 Å². The van der Waals surface area contributed by atoms with Crippen molar-refractivity contribution < 1.29 is 12.8 Å². The Kier molecular flexibility index (Phi) is 5.16. The van der Waals surface area contributed by atoms with Crippen LogP contribution in [0, 0.1) is 0 Å². The van der Waals surface area contributed by atoms with Crippen LogP contribution in [0.15, 0.2) is 27.4 Å². The van der Waals surface area contributed by atoms with E-state index in [-0.39, 0.29) is 11.5 Å². The van der Waals surface area contributed by atoms with Gasteiger partial charge in [-0.05, 0) is 36.3 Å². The molecule has 0 fully saturated rings. The molecule has 1 aromatic heterocycles.